The Labute approximate surface area is 146 Å². The van der Waals surface area contributed by atoms with Gasteiger partial charge in [-0.25, -0.2) is 0 Å². The molecule has 0 amide bonds. The van der Waals surface area contributed by atoms with Crippen molar-refractivity contribution in [1.82, 2.24) is 0 Å². The van der Waals surface area contributed by atoms with Gasteiger partial charge in [0.15, 0.2) is 5.79 Å². The van der Waals surface area contributed by atoms with Crippen molar-refractivity contribution in [3.63, 3.8) is 0 Å². The van der Waals surface area contributed by atoms with Crippen LogP contribution in [0.4, 0.5) is 0 Å². The number of hydrogen-bond donors (Lipinski definition) is 1. The first kappa shape index (κ1) is 16.1. The molecule has 1 aliphatic heterocycles. The van der Waals surface area contributed by atoms with Gasteiger partial charge in [-0.1, -0.05) is 13.8 Å². The van der Waals surface area contributed by atoms with Crippen LogP contribution in [0.1, 0.15) is 71.6 Å². The maximum atomic E-state index is 10.6. The number of hydrogen-bond acceptors (Lipinski definition) is 3. The maximum absolute atomic E-state index is 10.6. The van der Waals surface area contributed by atoms with Crippen molar-refractivity contribution in [3.8, 4) is 0 Å². The van der Waals surface area contributed by atoms with Crippen LogP contribution >= 0.6 is 0 Å². The zero-order chi connectivity index (χ0) is 16.6. The van der Waals surface area contributed by atoms with Crippen LogP contribution in [-0.4, -0.2) is 30.2 Å². The molecule has 5 rings (SSSR count). The molecule has 1 heterocycles. The van der Waals surface area contributed by atoms with Crippen molar-refractivity contribution in [2.75, 3.05) is 13.2 Å². The van der Waals surface area contributed by atoms with Gasteiger partial charge in [0.25, 0.3) is 0 Å². The maximum Gasteiger partial charge on any atom is 0.168 e. The molecular weight excluding hydrogens is 300 g/mol. The van der Waals surface area contributed by atoms with E-state index in [1.807, 2.05) is 0 Å². The Morgan fingerprint density at radius 3 is 2.33 bits per heavy atom. The molecule has 0 bridgehead atoms. The summed E-state index contributed by atoms with van der Waals surface area (Å²) in [5, 5.41) is 10.6. The number of fused-ring (bicyclic) bond motifs is 5. The third-order valence-electron chi connectivity index (χ3n) is 9.43. The summed E-state index contributed by atoms with van der Waals surface area (Å²) >= 11 is 0. The summed E-state index contributed by atoms with van der Waals surface area (Å²) in [5.41, 5.74) is 0.677. The minimum Gasteiger partial charge on any atom is -0.393 e. The second-order valence-electron chi connectivity index (χ2n) is 10.1. The Kier molecular flexibility index (Phi) is 3.49. The molecule has 1 spiro atoms. The van der Waals surface area contributed by atoms with Crippen molar-refractivity contribution in [2.24, 2.45) is 34.5 Å². The molecule has 5 aliphatic rings. The van der Waals surface area contributed by atoms with Crippen LogP contribution in [0.5, 0.6) is 0 Å². The Bertz CT molecular complexity index is 513. The highest BCUT2D eigenvalue weighted by molar-refractivity contribution is 5.10. The van der Waals surface area contributed by atoms with Crippen LogP contribution in [0.2, 0.25) is 0 Å². The zero-order valence-electron chi connectivity index (χ0n) is 15.4. The lowest BCUT2D eigenvalue weighted by Crippen LogP contribution is -2.56. The molecule has 1 unspecified atom stereocenters. The van der Waals surface area contributed by atoms with E-state index in [1.165, 1.54) is 38.5 Å². The van der Waals surface area contributed by atoms with Crippen LogP contribution in [0, 0.1) is 34.5 Å². The highest BCUT2D eigenvalue weighted by Crippen LogP contribution is 2.67. The van der Waals surface area contributed by atoms with Gasteiger partial charge >= 0.3 is 0 Å². The van der Waals surface area contributed by atoms with E-state index in [2.05, 4.69) is 13.8 Å². The molecule has 0 aromatic heterocycles. The van der Waals surface area contributed by atoms with E-state index in [9.17, 15) is 5.11 Å². The standard InChI is InChI=1S/C21H34O3/c1-19-9-10-21(23-11-12-24-21)13-14(19)3-4-15-16-5-6-18(22)20(16,2)8-7-17(15)19/h14-18,22H,3-13H2,1-2H3/t14-,15-,16?,17-,18-,19-,20-/m0/s1. The molecular formula is C21H34O3. The first-order chi connectivity index (χ1) is 11.5. The number of aliphatic hydroxyl groups is 1. The Hall–Kier alpha value is -0.120. The van der Waals surface area contributed by atoms with Crippen LogP contribution in [0.25, 0.3) is 0 Å². The average molecular weight is 335 g/mol. The summed E-state index contributed by atoms with van der Waals surface area (Å²) < 4.78 is 12.1. The molecule has 7 atom stereocenters. The smallest absolute Gasteiger partial charge is 0.168 e. The first-order valence-electron chi connectivity index (χ1n) is 10.4. The van der Waals surface area contributed by atoms with Gasteiger partial charge in [-0.15, -0.1) is 0 Å². The van der Waals surface area contributed by atoms with E-state index in [0.29, 0.717) is 5.41 Å². The molecule has 0 aromatic rings. The fourth-order valence-electron chi connectivity index (χ4n) is 7.93. The van der Waals surface area contributed by atoms with Gasteiger partial charge in [0.05, 0.1) is 19.3 Å². The second kappa shape index (κ2) is 5.20. The molecule has 4 saturated carbocycles. The zero-order valence-corrected chi connectivity index (χ0v) is 15.4. The van der Waals surface area contributed by atoms with E-state index in [0.717, 1.165) is 56.1 Å². The van der Waals surface area contributed by atoms with Crippen molar-refractivity contribution in [3.05, 3.63) is 0 Å². The van der Waals surface area contributed by atoms with Crippen molar-refractivity contribution in [2.45, 2.75) is 83.5 Å². The Balaban J connectivity index is 1.41. The predicted octanol–water partition coefficient (Wildman–Crippen LogP) is 4.13. The summed E-state index contributed by atoms with van der Waals surface area (Å²) in [5.74, 6) is 3.00. The van der Waals surface area contributed by atoms with Gasteiger partial charge in [-0.05, 0) is 79.4 Å². The lowest BCUT2D eigenvalue weighted by atomic mass is 9.45. The van der Waals surface area contributed by atoms with Crippen LogP contribution in [-0.2, 0) is 9.47 Å². The van der Waals surface area contributed by atoms with Crippen LogP contribution < -0.4 is 0 Å². The topological polar surface area (TPSA) is 38.7 Å². The van der Waals surface area contributed by atoms with Crippen LogP contribution in [0.15, 0.2) is 0 Å². The molecule has 1 N–H and O–H groups in total. The highest BCUT2D eigenvalue weighted by atomic mass is 16.7. The quantitative estimate of drug-likeness (QED) is 0.724. The van der Waals surface area contributed by atoms with Gasteiger partial charge < -0.3 is 14.6 Å². The highest BCUT2D eigenvalue weighted by Gasteiger charge is 2.61. The first-order valence-corrected chi connectivity index (χ1v) is 10.4. The molecule has 24 heavy (non-hydrogen) atoms. The number of rotatable bonds is 0. The average Bonchev–Trinajstić information content (AvgIpc) is 3.14. The normalized spacial score (nSPS) is 55.9. The summed E-state index contributed by atoms with van der Waals surface area (Å²) in [6.07, 6.45) is 11.0. The summed E-state index contributed by atoms with van der Waals surface area (Å²) in [6.45, 7) is 6.54. The van der Waals surface area contributed by atoms with Gasteiger partial charge in [-0.3, -0.25) is 0 Å². The van der Waals surface area contributed by atoms with Gasteiger partial charge in [0, 0.05) is 12.8 Å². The van der Waals surface area contributed by atoms with Gasteiger partial charge in [0.1, 0.15) is 0 Å². The van der Waals surface area contributed by atoms with E-state index in [4.69, 9.17) is 9.47 Å². The third-order valence-corrected chi connectivity index (χ3v) is 9.43. The lowest BCUT2D eigenvalue weighted by molar-refractivity contribution is -0.230. The molecule has 136 valence electrons. The van der Waals surface area contributed by atoms with Gasteiger partial charge in [0.2, 0.25) is 0 Å². The molecule has 4 aliphatic carbocycles. The third kappa shape index (κ3) is 2.01. The fraction of sp³-hybridized carbons (Fsp3) is 1.00. The minimum absolute atomic E-state index is 0.0520. The number of ether oxygens (including phenoxy) is 2. The summed E-state index contributed by atoms with van der Waals surface area (Å²) in [7, 11) is 0. The molecule has 5 fully saturated rings. The van der Waals surface area contributed by atoms with E-state index in [-0.39, 0.29) is 17.3 Å². The molecule has 3 heteroatoms. The fourth-order valence-corrected chi connectivity index (χ4v) is 7.93. The van der Waals surface area contributed by atoms with Crippen molar-refractivity contribution >= 4 is 0 Å². The lowest BCUT2D eigenvalue weighted by Gasteiger charge is -2.61. The van der Waals surface area contributed by atoms with Gasteiger partial charge in [-0.2, -0.15) is 0 Å². The Morgan fingerprint density at radius 1 is 0.792 bits per heavy atom. The second-order valence-corrected chi connectivity index (χ2v) is 10.1. The monoisotopic (exact) mass is 334 g/mol. The SMILES string of the molecule is C[C@]12CCC3(C[C@@H]1CC[C@H]1C4CC[C@H](O)[C@@]4(C)CC[C@@H]12)OCCO3. The van der Waals surface area contributed by atoms with E-state index >= 15 is 0 Å². The van der Waals surface area contributed by atoms with Crippen molar-refractivity contribution in [1.29, 1.82) is 0 Å². The molecule has 0 aromatic carbocycles. The molecule has 0 radical (unpaired) electrons. The Morgan fingerprint density at radius 2 is 1.54 bits per heavy atom. The van der Waals surface area contributed by atoms with E-state index < -0.39 is 0 Å². The molecule has 1 saturated heterocycles. The van der Waals surface area contributed by atoms with Crippen molar-refractivity contribution < 1.29 is 14.6 Å². The predicted molar refractivity (Wildman–Crippen MR) is 92.4 cm³/mol. The van der Waals surface area contributed by atoms with Crippen LogP contribution in [0.3, 0.4) is 0 Å². The largest absolute Gasteiger partial charge is 0.393 e. The summed E-state index contributed by atoms with van der Waals surface area (Å²) in [6, 6.07) is 0. The minimum atomic E-state index is -0.232. The van der Waals surface area contributed by atoms with E-state index in [1.54, 1.807) is 0 Å². The molecule has 3 nitrogen and oxygen atoms in total. The summed E-state index contributed by atoms with van der Waals surface area (Å²) in [4.78, 5) is 0. The number of aliphatic hydroxyl groups excluding tert-OH is 1.